The van der Waals surface area contributed by atoms with Crippen molar-refractivity contribution in [1.82, 2.24) is 25.1 Å². The lowest BCUT2D eigenvalue weighted by molar-refractivity contribution is 0.627. The second kappa shape index (κ2) is 9.11. The van der Waals surface area contributed by atoms with Gasteiger partial charge in [0.15, 0.2) is 5.65 Å². The molecule has 2 aromatic carbocycles. The molecule has 1 unspecified atom stereocenters. The van der Waals surface area contributed by atoms with E-state index < -0.39 is 0 Å². The van der Waals surface area contributed by atoms with Crippen molar-refractivity contribution >= 4 is 11.0 Å². The van der Waals surface area contributed by atoms with Crippen LogP contribution in [0.2, 0.25) is 0 Å². The summed E-state index contributed by atoms with van der Waals surface area (Å²) in [6.07, 6.45) is 8.78. The summed E-state index contributed by atoms with van der Waals surface area (Å²) in [6, 6.07) is 20.5. The Kier molecular flexibility index (Phi) is 5.50. The van der Waals surface area contributed by atoms with Crippen LogP contribution in [0.25, 0.3) is 33.4 Å². The number of benzene rings is 2. The molecule has 0 aliphatic heterocycles. The lowest BCUT2D eigenvalue weighted by Gasteiger charge is -2.25. The number of H-pyrrole nitrogens is 1. The molecule has 0 spiro atoms. The summed E-state index contributed by atoms with van der Waals surface area (Å²) in [7, 11) is 0. The number of hydrogen-bond donors (Lipinski definition) is 1. The number of fused-ring (bicyclic) bond motifs is 1. The Hall–Kier alpha value is -4.78. The van der Waals surface area contributed by atoms with E-state index in [1.165, 1.54) is 24.3 Å². The van der Waals surface area contributed by atoms with Crippen LogP contribution in [0.3, 0.4) is 0 Å². The lowest BCUT2D eigenvalue weighted by atomic mass is 9.79. The Morgan fingerprint density at radius 2 is 1.36 bits per heavy atom. The number of nitrogens with one attached hydrogen (secondary N) is 1. The van der Waals surface area contributed by atoms with Gasteiger partial charge in [-0.2, -0.15) is 5.10 Å². The molecular weight excluding hydrogens is 456 g/mol. The van der Waals surface area contributed by atoms with Crippen molar-refractivity contribution in [1.29, 1.82) is 0 Å². The molecule has 6 aromatic rings. The third kappa shape index (κ3) is 3.90. The predicted octanol–water partition coefficient (Wildman–Crippen LogP) is 6.54. The van der Waals surface area contributed by atoms with Gasteiger partial charge in [0.2, 0.25) is 0 Å². The number of hydrogen-bond acceptors (Lipinski definition) is 4. The highest BCUT2D eigenvalue weighted by Crippen LogP contribution is 2.45. The zero-order valence-electron chi connectivity index (χ0n) is 18.9. The Labute approximate surface area is 205 Å². The average Bonchev–Trinajstić information content (AvgIpc) is 3.39. The standard InChI is InChI=1S/C29H19F2N5/c30-22-7-3-18(4-8-22)26-24-17-34-36-29(24)35-28(20-5-9-23(31)10-6-20)27(26)25(19-11-14-32-15-12-19)21-2-1-13-33-16-21/h1-17,25H,(H,34,35,36). The van der Waals surface area contributed by atoms with Crippen molar-refractivity contribution in [3.63, 3.8) is 0 Å². The smallest absolute Gasteiger partial charge is 0.156 e. The number of halogens is 2. The van der Waals surface area contributed by atoms with E-state index in [0.29, 0.717) is 11.3 Å². The molecule has 1 N–H and O–H groups in total. The molecule has 4 heterocycles. The molecule has 1 atom stereocenters. The van der Waals surface area contributed by atoms with Crippen LogP contribution in [0.5, 0.6) is 0 Å². The Balaban J connectivity index is 1.77. The van der Waals surface area contributed by atoms with Crippen LogP contribution < -0.4 is 0 Å². The maximum absolute atomic E-state index is 13.9. The minimum atomic E-state index is -0.334. The Morgan fingerprint density at radius 3 is 2.03 bits per heavy atom. The van der Waals surface area contributed by atoms with Gasteiger partial charge in [-0.3, -0.25) is 15.1 Å². The molecule has 7 heteroatoms. The molecule has 0 aliphatic rings. The summed E-state index contributed by atoms with van der Waals surface area (Å²) in [6.45, 7) is 0. The predicted molar refractivity (Wildman–Crippen MR) is 134 cm³/mol. The van der Waals surface area contributed by atoms with Gasteiger partial charge in [-0.15, -0.1) is 0 Å². The maximum Gasteiger partial charge on any atom is 0.156 e. The van der Waals surface area contributed by atoms with Crippen molar-refractivity contribution in [2.24, 2.45) is 0 Å². The molecule has 0 fully saturated rings. The van der Waals surface area contributed by atoms with E-state index in [4.69, 9.17) is 4.98 Å². The van der Waals surface area contributed by atoms with E-state index in [0.717, 1.165) is 38.8 Å². The first-order valence-corrected chi connectivity index (χ1v) is 11.4. The van der Waals surface area contributed by atoms with Crippen LogP contribution in [0.4, 0.5) is 8.78 Å². The zero-order chi connectivity index (χ0) is 24.5. The second-order valence-corrected chi connectivity index (χ2v) is 8.40. The zero-order valence-corrected chi connectivity index (χ0v) is 18.9. The number of aromatic nitrogens is 5. The van der Waals surface area contributed by atoms with Crippen LogP contribution in [0, 0.1) is 11.6 Å². The van der Waals surface area contributed by atoms with Crippen LogP contribution in [0.1, 0.15) is 22.6 Å². The SMILES string of the molecule is Fc1ccc(-c2nc3[nH]ncc3c(-c3ccc(F)cc3)c2C(c2ccncc2)c2cccnc2)cc1. The fraction of sp³-hybridized carbons (Fsp3) is 0.0345. The highest BCUT2D eigenvalue weighted by atomic mass is 19.1. The summed E-state index contributed by atoms with van der Waals surface area (Å²) >= 11 is 0. The van der Waals surface area contributed by atoms with Gasteiger partial charge in [-0.05, 0) is 76.9 Å². The first kappa shape index (κ1) is 21.7. The maximum atomic E-state index is 13.9. The first-order chi connectivity index (χ1) is 17.7. The van der Waals surface area contributed by atoms with E-state index in [1.54, 1.807) is 49.1 Å². The van der Waals surface area contributed by atoms with Crippen LogP contribution >= 0.6 is 0 Å². The van der Waals surface area contributed by atoms with E-state index in [1.807, 2.05) is 30.5 Å². The number of aromatic amines is 1. The molecule has 36 heavy (non-hydrogen) atoms. The molecule has 5 nitrogen and oxygen atoms in total. The summed E-state index contributed by atoms with van der Waals surface area (Å²) < 4.78 is 27.8. The fourth-order valence-electron chi connectivity index (χ4n) is 4.65. The third-order valence-electron chi connectivity index (χ3n) is 6.23. The van der Waals surface area contributed by atoms with Gasteiger partial charge in [-0.25, -0.2) is 13.8 Å². The molecular formula is C29H19F2N5. The fourth-order valence-corrected chi connectivity index (χ4v) is 4.65. The van der Waals surface area contributed by atoms with Gasteiger partial charge in [0.25, 0.3) is 0 Å². The molecule has 0 radical (unpaired) electrons. The van der Waals surface area contributed by atoms with Gasteiger partial charge < -0.3 is 0 Å². The Bertz CT molecular complexity index is 1590. The second-order valence-electron chi connectivity index (χ2n) is 8.40. The van der Waals surface area contributed by atoms with E-state index in [2.05, 4.69) is 20.2 Å². The van der Waals surface area contributed by atoms with Crippen molar-refractivity contribution < 1.29 is 8.78 Å². The monoisotopic (exact) mass is 475 g/mol. The molecule has 0 saturated carbocycles. The minimum absolute atomic E-state index is 0.298. The number of nitrogens with zero attached hydrogens (tertiary/aromatic N) is 4. The van der Waals surface area contributed by atoms with Crippen molar-refractivity contribution in [3.05, 3.63) is 132 Å². The molecule has 0 bridgehead atoms. The summed E-state index contributed by atoms with van der Waals surface area (Å²) in [5, 5.41) is 8.03. The van der Waals surface area contributed by atoms with Gasteiger partial charge in [-0.1, -0.05) is 18.2 Å². The van der Waals surface area contributed by atoms with Crippen LogP contribution in [-0.2, 0) is 0 Å². The molecule has 0 amide bonds. The van der Waals surface area contributed by atoms with Crippen molar-refractivity contribution in [2.75, 3.05) is 0 Å². The average molecular weight is 476 g/mol. The first-order valence-electron chi connectivity index (χ1n) is 11.4. The van der Waals surface area contributed by atoms with Gasteiger partial charge in [0, 0.05) is 47.2 Å². The topological polar surface area (TPSA) is 67.3 Å². The summed E-state index contributed by atoms with van der Waals surface area (Å²) in [5.74, 6) is -0.956. The number of pyridine rings is 3. The Morgan fingerprint density at radius 1 is 0.667 bits per heavy atom. The summed E-state index contributed by atoms with van der Waals surface area (Å²) in [4.78, 5) is 13.6. The normalized spacial score (nSPS) is 12.1. The number of rotatable bonds is 5. The molecule has 0 aliphatic carbocycles. The van der Waals surface area contributed by atoms with Crippen LogP contribution in [0.15, 0.2) is 104 Å². The lowest BCUT2D eigenvalue weighted by Crippen LogP contribution is -2.10. The van der Waals surface area contributed by atoms with Crippen molar-refractivity contribution in [3.8, 4) is 22.4 Å². The largest absolute Gasteiger partial charge is 0.265 e. The quantitative estimate of drug-likeness (QED) is 0.307. The van der Waals surface area contributed by atoms with E-state index in [-0.39, 0.29) is 17.6 Å². The highest BCUT2D eigenvalue weighted by molar-refractivity contribution is 5.98. The minimum Gasteiger partial charge on any atom is -0.265 e. The van der Waals surface area contributed by atoms with Crippen molar-refractivity contribution in [2.45, 2.75) is 5.92 Å². The van der Waals surface area contributed by atoms with Crippen LogP contribution in [-0.4, -0.2) is 25.1 Å². The molecule has 6 rings (SSSR count). The summed E-state index contributed by atoms with van der Waals surface area (Å²) in [5.41, 5.74) is 6.46. The van der Waals surface area contributed by atoms with Gasteiger partial charge in [0.05, 0.1) is 11.9 Å². The van der Waals surface area contributed by atoms with E-state index in [9.17, 15) is 8.78 Å². The molecule has 4 aromatic heterocycles. The van der Waals surface area contributed by atoms with Gasteiger partial charge in [0.1, 0.15) is 11.6 Å². The third-order valence-corrected chi connectivity index (χ3v) is 6.23. The molecule has 174 valence electrons. The van der Waals surface area contributed by atoms with E-state index >= 15 is 0 Å². The van der Waals surface area contributed by atoms with Gasteiger partial charge >= 0.3 is 0 Å². The molecule has 0 saturated heterocycles. The highest BCUT2D eigenvalue weighted by Gasteiger charge is 2.28.